The second kappa shape index (κ2) is 38.0. The van der Waals surface area contributed by atoms with Crippen LogP contribution in [0.2, 0.25) is 0 Å². The lowest BCUT2D eigenvalue weighted by Gasteiger charge is -2.27. The molecule has 28 nitrogen and oxygen atoms in total. The number of carbonyl (C=O) groups is 9. The number of para-hydroxylation sites is 1. The summed E-state index contributed by atoms with van der Waals surface area (Å²) in [7, 11) is 1.94. The van der Waals surface area contributed by atoms with Gasteiger partial charge in [-0.25, -0.2) is 4.98 Å². The molecule has 9 amide bonds. The Labute approximate surface area is 567 Å². The molecule has 2 heterocycles. The Balaban J connectivity index is 1.03. The van der Waals surface area contributed by atoms with Gasteiger partial charge in [0.2, 0.25) is 69.9 Å². The number of rotatable bonds is 38. The van der Waals surface area contributed by atoms with Crippen LogP contribution in [-0.4, -0.2) is 165 Å². The molecule has 1 aliphatic heterocycles. The van der Waals surface area contributed by atoms with Gasteiger partial charge in [-0.3, -0.25) is 48.1 Å². The fourth-order valence-electron chi connectivity index (χ4n) is 11.5. The molecule has 524 valence electrons. The van der Waals surface area contributed by atoms with E-state index in [0.29, 0.717) is 63.0 Å². The van der Waals surface area contributed by atoms with E-state index < -0.39 is 84.1 Å². The summed E-state index contributed by atoms with van der Waals surface area (Å²) >= 11 is 0. The predicted molar refractivity (Wildman–Crippen MR) is 374 cm³/mol. The molecule has 97 heavy (non-hydrogen) atoms. The molecular weight excluding hydrogens is 1240 g/mol. The normalized spacial score (nSPS) is 14.5. The van der Waals surface area contributed by atoms with Crippen molar-refractivity contribution in [2.24, 2.45) is 50.0 Å². The summed E-state index contributed by atoms with van der Waals surface area (Å²) in [5.74, 6) is -5.76. The van der Waals surface area contributed by atoms with Gasteiger partial charge < -0.3 is 74.9 Å². The number of unbranched alkanes of at least 4 members (excludes halogenated alkanes) is 1. The minimum Gasteiger partial charge on any atom is -0.375 e. The Morgan fingerprint density at radius 2 is 1.25 bits per heavy atom. The highest BCUT2D eigenvalue weighted by molar-refractivity contribution is 5.97. The maximum absolute atomic E-state index is 14.2. The van der Waals surface area contributed by atoms with E-state index in [2.05, 4.69) is 106 Å². The first-order valence-corrected chi connectivity index (χ1v) is 33.6. The van der Waals surface area contributed by atoms with Crippen LogP contribution in [0.5, 0.6) is 0 Å². The van der Waals surface area contributed by atoms with Gasteiger partial charge in [-0.1, -0.05) is 45.9 Å². The van der Waals surface area contributed by atoms with Crippen LogP contribution in [0, 0.1) is 11.8 Å². The van der Waals surface area contributed by atoms with Crippen LogP contribution in [0.4, 0.5) is 22.7 Å². The summed E-state index contributed by atoms with van der Waals surface area (Å²) in [5.41, 5.74) is 29.9. The van der Waals surface area contributed by atoms with Gasteiger partial charge in [0, 0.05) is 88.4 Å². The average Bonchev–Trinajstić information content (AvgIpc) is 1.27. The largest absolute Gasteiger partial charge is 0.375 e. The highest BCUT2D eigenvalue weighted by Gasteiger charge is 2.36. The van der Waals surface area contributed by atoms with Gasteiger partial charge in [0.25, 0.3) is 0 Å². The minimum atomic E-state index is -1.25. The molecule has 1 aromatic heterocycles. The summed E-state index contributed by atoms with van der Waals surface area (Å²) in [6, 6.07) is 23.6. The zero-order valence-electron chi connectivity index (χ0n) is 57.3. The van der Waals surface area contributed by atoms with Crippen molar-refractivity contribution >= 4 is 104 Å². The van der Waals surface area contributed by atoms with E-state index in [-0.39, 0.29) is 81.3 Å². The number of guanidine groups is 1. The molecule has 0 aliphatic carbocycles. The van der Waals surface area contributed by atoms with Crippen molar-refractivity contribution in [2.75, 3.05) is 69.2 Å². The third-order valence-corrected chi connectivity index (χ3v) is 16.7. The lowest BCUT2D eigenvalue weighted by Crippen LogP contribution is -2.58. The van der Waals surface area contributed by atoms with Gasteiger partial charge in [0.1, 0.15) is 47.3 Å². The molecule has 6 atom stereocenters. The van der Waals surface area contributed by atoms with Gasteiger partial charge in [-0.2, -0.15) is 10.2 Å². The Morgan fingerprint density at radius 1 is 0.639 bits per heavy atom. The van der Waals surface area contributed by atoms with Crippen LogP contribution in [0.3, 0.4) is 0 Å². The van der Waals surface area contributed by atoms with E-state index in [0.717, 1.165) is 52.2 Å². The van der Waals surface area contributed by atoms with Crippen LogP contribution in [0.15, 0.2) is 106 Å². The van der Waals surface area contributed by atoms with Crippen molar-refractivity contribution in [3.05, 3.63) is 91.0 Å². The predicted octanol–water partition coefficient (Wildman–Crippen LogP) is 3.57. The smallest absolute Gasteiger partial charge is 0.243 e. The van der Waals surface area contributed by atoms with Crippen molar-refractivity contribution in [3.63, 3.8) is 0 Å². The summed E-state index contributed by atoms with van der Waals surface area (Å²) in [6.07, 6.45) is 3.33. The second-order valence-corrected chi connectivity index (χ2v) is 25.2. The number of hydrogen-bond donors (Lipinski definition) is 11. The van der Waals surface area contributed by atoms with E-state index in [9.17, 15) is 43.2 Å². The summed E-state index contributed by atoms with van der Waals surface area (Å²) in [5, 5.41) is 28.1. The van der Waals surface area contributed by atoms with Crippen molar-refractivity contribution < 1.29 is 47.7 Å². The standard InChI is InChI=1S/C69H99N19O9/c1-9-86(10-2)50-30-32-52-59(40-50)88(49-19-12-11-13-20-49)58-39-47(27-31-51(58)78-52)84-83-46-25-28-48(29-26-46)85(8)35-18-24-60(89)74-33-15-14-21-54(66(95)77-45(7)64(93)80-53(63(71)92)22-16-34-75-69(72)73)81-67(96)56(38-44(5)6)79-61(90)42-76-65(94)55(37-43(3)4)82-68(97)57-23-17-36-87(57)62(91)41-70/h11-13,19-20,25-32,39-40,43-45,53-57H,9-10,14-18,21-24,33-38,41-42,70H2,1-8H3,(H12-,71,72,73,74,75,76,77,79,80,81,82,89,90,92,93,94,95,96,97)/p+1/t45-,53-,54-,55-,56-,57-/m0/s1. The molecule has 0 radical (unpaired) electrons. The topological polar surface area (TPSA) is 405 Å². The Hall–Kier alpha value is -9.86. The Morgan fingerprint density at radius 3 is 1.90 bits per heavy atom. The lowest BCUT2D eigenvalue weighted by atomic mass is 10.0. The lowest BCUT2D eigenvalue weighted by molar-refractivity contribution is -0.538. The summed E-state index contributed by atoms with van der Waals surface area (Å²) in [6.45, 7) is 15.4. The van der Waals surface area contributed by atoms with Gasteiger partial charge in [-0.05, 0) is 145 Å². The molecule has 4 aromatic carbocycles. The van der Waals surface area contributed by atoms with E-state index >= 15 is 0 Å². The number of benzene rings is 4. The van der Waals surface area contributed by atoms with Crippen molar-refractivity contribution in [3.8, 4) is 5.69 Å². The van der Waals surface area contributed by atoms with Crippen LogP contribution in [0.25, 0.3) is 27.8 Å². The minimum absolute atomic E-state index is 0.0458. The first-order chi connectivity index (χ1) is 46.4. The van der Waals surface area contributed by atoms with Gasteiger partial charge in [-0.15, -0.1) is 4.57 Å². The highest BCUT2D eigenvalue weighted by Crippen LogP contribution is 2.28. The number of nitrogens with zero attached hydrogens (tertiary/aromatic N) is 8. The monoisotopic (exact) mass is 1340 g/mol. The number of amides is 9. The van der Waals surface area contributed by atoms with Crippen molar-refractivity contribution in [2.45, 2.75) is 155 Å². The van der Waals surface area contributed by atoms with Crippen LogP contribution in [-0.2, 0) is 43.2 Å². The molecular formula is C69H100N19O9+. The van der Waals surface area contributed by atoms with Gasteiger partial charge in [0.05, 0.1) is 24.5 Å². The van der Waals surface area contributed by atoms with E-state index in [1.54, 1.807) is 0 Å². The highest BCUT2D eigenvalue weighted by atomic mass is 16.2. The van der Waals surface area contributed by atoms with Crippen molar-refractivity contribution in [1.29, 1.82) is 0 Å². The molecule has 1 aliphatic rings. The van der Waals surface area contributed by atoms with E-state index in [1.165, 1.54) is 11.8 Å². The van der Waals surface area contributed by atoms with Crippen LogP contribution < -0.4 is 74.5 Å². The van der Waals surface area contributed by atoms with Gasteiger partial charge in [0.15, 0.2) is 5.96 Å². The summed E-state index contributed by atoms with van der Waals surface area (Å²) in [4.78, 5) is 135. The number of aliphatic imine (C=N–C) groups is 1. The quantitative estimate of drug-likeness (QED) is 0.00672. The number of primary amides is 1. The molecule has 0 unspecified atom stereocenters. The summed E-state index contributed by atoms with van der Waals surface area (Å²) < 4.78 is 2.22. The van der Waals surface area contributed by atoms with Crippen LogP contribution in [0.1, 0.15) is 119 Å². The molecule has 1 saturated heterocycles. The van der Waals surface area contributed by atoms with Crippen LogP contribution >= 0.6 is 0 Å². The van der Waals surface area contributed by atoms with Crippen molar-refractivity contribution in [1.82, 2.24) is 47.1 Å². The number of aromatic nitrogens is 2. The van der Waals surface area contributed by atoms with Gasteiger partial charge >= 0.3 is 0 Å². The number of anilines is 2. The zero-order valence-corrected chi connectivity index (χ0v) is 57.3. The number of hydrogen-bond acceptors (Lipinski definition) is 16. The maximum atomic E-state index is 14.2. The second-order valence-electron chi connectivity index (χ2n) is 25.2. The molecule has 28 heteroatoms. The number of likely N-dealkylation sites (tertiary alicyclic amines) is 1. The molecule has 5 aromatic rings. The number of nitrogens with one attached hydrogen (secondary N) is 7. The SMILES string of the molecule is CCN(CC)c1ccc2nc3ccc(N=Nc4ccc(N(C)CCCC(=O)NCCCC[C@H](NC(=O)[C@H](CC(C)C)NC(=O)CNC(=O)[C@H](CC(C)C)NC(=O)[C@@H]5CCCN5C(=O)CN)C(=O)N[C@@H](C)C(=O)N[C@@H](CCCN=C(N)N)C(N)=O)cc4)cc3[n+](-c3ccccc3)c2c1. The molecule has 6 rings (SSSR count). The third-order valence-electron chi connectivity index (χ3n) is 16.7. The zero-order chi connectivity index (χ0) is 70.7. The number of nitrogens with two attached hydrogens (primary N) is 4. The molecule has 1 fully saturated rings. The van der Waals surface area contributed by atoms with E-state index in [1.807, 2.05) is 100 Å². The number of carbonyl (C=O) groups excluding carboxylic acids is 9. The molecule has 15 N–H and O–H groups in total. The average molecular weight is 1340 g/mol. The fraction of sp³-hybridized carbons (Fsp3) is 0.507. The first kappa shape index (κ1) is 76.2. The maximum Gasteiger partial charge on any atom is 0.243 e. The Bertz CT molecular complexity index is 3560. The molecule has 0 bridgehead atoms. The first-order valence-electron chi connectivity index (χ1n) is 33.6. The number of fused-ring (bicyclic) bond motifs is 2. The Kier molecular flexibility index (Phi) is 29.9. The third kappa shape index (κ3) is 23.5. The molecule has 0 spiro atoms. The molecule has 0 saturated carbocycles. The number of azo groups is 1. The van der Waals surface area contributed by atoms with E-state index in [4.69, 9.17) is 27.9 Å². The fourth-order valence-corrected chi connectivity index (χ4v) is 11.5.